The molecule has 0 spiro atoms. The van der Waals surface area contributed by atoms with Crippen LogP contribution >= 0.6 is 0 Å². The highest BCUT2D eigenvalue weighted by molar-refractivity contribution is 6.22. The highest BCUT2D eigenvalue weighted by atomic mass is 16.1. The molecule has 0 radical (unpaired) electrons. The quantitative estimate of drug-likeness (QED) is 0.590. The van der Waals surface area contributed by atoms with E-state index in [4.69, 9.17) is 0 Å². The summed E-state index contributed by atoms with van der Waals surface area (Å²) in [5.74, 6) is 0.0485. The number of ketones is 2. The van der Waals surface area contributed by atoms with Gasteiger partial charge in [0.05, 0.1) is 5.70 Å². The van der Waals surface area contributed by atoms with Gasteiger partial charge in [-0.25, -0.2) is 0 Å². The van der Waals surface area contributed by atoms with Crippen molar-refractivity contribution in [2.75, 3.05) is 39.3 Å². The first kappa shape index (κ1) is 14.1. The molecule has 0 N–H and O–H groups in total. The molecule has 0 bridgehead atoms. The molecule has 23 heavy (non-hydrogen) atoms. The number of hydrogen-bond acceptors (Lipinski definition) is 5. The SMILES string of the molecule is Cn1cccc1.O=C1C=C(N2CC2)C(=O)C(N2CC2)=C1N1CC1. The summed E-state index contributed by atoms with van der Waals surface area (Å²) in [5.41, 5.74) is 1.89. The van der Waals surface area contributed by atoms with Crippen LogP contribution in [0.4, 0.5) is 0 Å². The molecule has 0 saturated carbocycles. The van der Waals surface area contributed by atoms with E-state index in [2.05, 4.69) is 0 Å². The Labute approximate surface area is 135 Å². The Kier molecular flexibility index (Phi) is 3.25. The number of Topliss-reactive ketones (excluding diaryl/α,β-unsaturated/α-hetero) is 1. The minimum Gasteiger partial charge on any atom is -0.365 e. The number of nitrogens with zero attached hydrogens (tertiary/aromatic N) is 4. The van der Waals surface area contributed by atoms with Gasteiger partial charge in [-0.05, 0) is 12.1 Å². The van der Waals surface area contributed by atoms with Crippen LogP contribution in [0.5, 0.6) is 0 Å². The van der Waals surface area contributed by atoms with Crippen molar-refractivity contribution >= 4 is 11.6 Å². The molecule has 0 aromatic carbocycles. The summed E-state index contributed by atoms with van der Waals surface area (Å²) in [4.78, 5) is 30.5. The van der Waals surface area contributed by atoms with Gasteiger partial charge in [-0.2, -0.15) is 0 Å². The van der Waals surface area contributed by atoms with Crippen LogP contribution in [0, 0.1) is 0 Å². The molecular weight excluding hydrogens is 292 g/mol. The average molecular weight is 312 g/mol. The zero-order valence-corrected chi connectivity index (χ0v) is 13.2. The van der Waals surface area contributed by atoms with Crippen LogP contribution in [0.15, 0.2) is 47.7 Å². The fourth-order valence-electron chi connectivity index (χ4n) is 2.70. The number of hydrogen-bond donors (Lipinski definition) is 0. The number of aromatic nitrogens is 1. The second kappa shape index (κ2) is 5.30. The number of allylic oxidation sites excluding steroid dienone is 1. The lowest BCUT2D eigenvalue weighted by Gasteiger charge is -2.21. The van der Waals surface area contributed by atoms with E-state index in [1.54, 1.807) is 0 Å². The smallest absolute Gasteiger partial charge is 0.227 e. The van der Waals surface area contributed by atoms with Gasteiger partial charge in [-0.1, -0.05) is 0 Å². The Balaban J connectivity index is 0.000000192. The van der Waals surface area contributed by atoms with Crippen molar-refractivity contribution < 1.29 is 9.59 Å². The van der Waals surface area contributed by atoms with Crippen molar-refractivity contribution in [2.24, 2.45) is 7.05 Å². The molecule has 5 rings (SSSR count). The molecule has 1 aliphatic carbocycles. The van der Waals surface area contributed by atoms with E-state index >= 15 is 0 Å². The zero-order chi connectivity index (χ0) is 16.0. The summed E-state index contributed by atoms with van der Waals surface area (Å²) in [7, 11) is 2.00. The maximum absolute atomic E-state index is 12.4. The van der Waals surface area contributed by atoms with E-state index in [0.717, 1.165) is 39.3 Å². The third-order valence-electron chi connectivity index (χ3n) is 4.24. The van der Waals surface area contributed by atoms with E-state index in [1.807, 2.05) is 50.8 Å². The Morgan fingerprint density at radius 1 is 0.783 bits per heavy atom. The standard InChI is InChI=1S/C12H13N3O2.C5H7N/c16-9-7-8(13-1-2-13)12(17)11(15-5-6-15)10(9)14-3-4-14;1-6-4-2-3-5-6/h7H,1-6H2;2-5H,1H3. The Morgan fingerprint density at radius 2 is 1.30 bits per heavy atom. The Bertz CT molecular complexity index is 705. The molecule has 0 unspecified atom stereocenters. The van der Waals surface area contributed by atoms with E-state index in [-0.39, 0.29) is 11.6 Å². The van der Waals surface area contributed by atoms with Crippen LogP contribution in [0.2, 0.25) is 0 Å². The minimum atomic E-state index is 0.00546. The molecule has 1 aromatic rings. The predicted octanol–water partition coefficient (Wildman–Crippen LogP) is 0.206. The van der Waals surface area contributed by atoms with Gasteiger partial charge in [0.2, 0.25) is 11.6 Å². The van der Waals surface area contributed by atoms with Gasteiger partial charge in [0.15, 0.2) is 0 Å². The maximum Gasteiger partial charge on any atom is 0.227 e. The van der Waals surface area contributed by atoms with E-state index in [0.29, 0.717) is 17.1 Å². The second-order valence-corrected chi connectivity index (χ2v) is 6.23. The Hall–Kier alpha value is -2.50. The van der Waals surface area contributed by atoms with Crippen molar-refractivity contribution in [2.45, 2.75) is 0 Å². The highest BCUT2D eigenvalue weighted by Gasteiger charge is 2.43. The topological polar surface area (TPSA) is 48.1 Å². The molecule has 0 amide bonds. The molecule has 6 nitrogen and oxygen atoms in total. The molecule has 6 heteroatoms. The summed E-state index contributed by atoms with van der Waals surface area (Å²) in [6.45, 7) is 5.41. The molecule has 3 aliphatic heterocycles. The molecule has 4 heterocycles. The first-order valence-corrected chi connectivity index (χ1v) is 8.02. The minimum absolute atomic E-state index is 0.00546. The lowest BCUT2D eigenvalue weighted by atomic mass is 10.0. The summed E-state index contributed by atoms with van der Waals surface area (Å²) in [6.07, 6.45) is 5.52. The van der Waals surface area contributed by atoms with E-state index in [9.17, 15) is 9.59 Å². The number of carbonyl (C=O) groups excluding carboxylic acids is 2. The highest BCUT2D eigenvalue weighted by Crippen LogP contribution is 2.33. The lowest BCUT2D eigenvalue weighted by molar-refractivity contribution is -0.117. The van der Waals surface area contributed by atoms with Crippen LogP contribution < -0.4 is 0 Å². The van der Waals surface area contributed by atoms with Gasteiger partial charge in [-0.15, -0.1) is 0 Å². The second-order valence-electron chi connectivity index (χ2n) is 6.23. The lowest BCUT2D eigenvalue weighted by Crippen LogP contribution is -2.29. The number of carbonyl (C=O) groups is 2. The Morgan fingerprint density at radius 3 is 1.74 bits per heavy atom. The van der Waals surface area contributed by atoms with Crippen LogP contribution in [-0.2, 0) is 16.6 Å². The molecule has 3 fully saturated rings. The van der Waals surface area contributed by atoms with Crippen molar-refractivity contribution in [1.82, 2.24) is 19.3 Å². The summed E-state index contributed by atoms with van der Waals surface area (Å²) in [6, 6.07) is 4.00. The molecule has 0 atom stereocenters. The summed E-state index contributed by atoms with van der Waals surface area (Å²) < 4.78 is 2.00. The maximum atomic E-state index is 12.4. The first-order valence-electron chi connectivity index (χ1n) is 8.02. The van der Waals surface area contributed by atoms with Crippen molar-refractivity contribution in [3.63, 3.8) is 0 Å². The third kappa shape index (κ3) is 2.88. The van der Waals surface area contributed by atoms with E-state index in [1.165, 1.54) is 6.08 Å². The van der Waals surface area contributed by atoms with Crippen LogP contribution in [0.1, 0.15) is 0 Å². The third-order valence-corrected chi connectivity index (χ3v) is 4.24. The summed E-state index contributed by atoms with van der Waals surface area (Å²) >= 11 is 0. The fraction of sp³-hybridized carbons (Fsp3) is 0.412. The van der Waals surface area contributed by atoms with Crippen LogP contribution in [0.3, 0.4) is 0 Å². The monoisotopic (exact) mass is 312 g/mol. The van der Waals surface area contributed by atoms with Gasteiger partial charge >= 0.3 is 0 Å². The fourth-order valence-corrected chi connectivity index (χ4v) is 2.70. The van der Waals surface area contributed by atoms with Crippen molar-refractivity contribution in [3.8, 4) is 0 Å². The molecule has 3 saturated heterocycles. The molecule has 120 valence electrons. The molecular formula is C17H20N4O2. The number of aryl methyl sites for hydroxylation is 1. The van der Waals surface area contributed by atoms with Crippen molar-refractivity contribution in [1.29, 1.82) is 0 Å². The van der Waals surface area contributed by atoms with Crippen molar-refractivity contribution in [3.05, 3.63) is 47.7 Å². The van der Waals surface area contributed by atoms with Crippen LogP contribution in [-0.4, -0.2) is 70.1 Å². The largest absolute Gasteiger partial charge is 0.365 e. The van der Waals surface area contributed by atoms with Crippen LogP contribution in [0.25, 0.3) is 0 Å². The van der Waals surface area contributed by atoms with Gasteiger partial charge in [0, 0.05) is 64.8 Å². The molecule has 4 aliphatic rings. The van der Waals surface area contributed by atoms with E-state index < -0.39 is 0 Å². The normalized spacial score (nSPS) is 22.0. The summed E-state index contributed by atoms with van der Waals surface area (Å²) in [5, 5.41) is 0. The average Bonchev–Trinajstić information content (AvgIpc) is 3.39. The van der Waals surface area contributed by atoms with Gasteiger partial charge < -0.3 is 19.3 Å². The zero-order valence-electron chi connectivity index (χ0n) is 13.2. The van der Waals surface area contributed by atoms with Gasteiger partial charge in [-0.3, -0.25) is 9.59 Å². The van der Waals surface area contributed by atoms with Gasteiger partial charge in [0.25, 0.3) is 0 Å². The molecule has 1 aromatic heterocycles. The number of rotatable bonds is 3. The van der Waals surface area contributed by atoms with Gasteiger partial charge in [0.1, 0.15) is 11.4 Å². The predicted molar refractivity (Wildman–Crippen MR) is 85.3 cm³/mol. The first-order chi connectivity index (χ1) is 11.1.